The van der Waals surface area contributed by atoms with Gasteiger partial charge in [-0.1, -0.05) is 63.9 Å². The standard InChI is InChI=1S/C17H10BrCl2F/c18-14-7-6-13(11-3-1-2-4-12(11)14)17(20)10-5-8-16(21)15(19)9-10/h1-9,17H. The lowest BCUT2D eigenvalue weighted by Crippen LogP contribution is -1.96. The Bertz CT molecular complexity index is 817. The fourth-order valence-corrected chi connectivity index (χ4v) is 3.35. The summed E-state index contributed by atoms with van der Waals surface area (Å²) in [5, 5.41) is 1.85. The summed E-state index contributed by atoms with van der Waals surface area (Å²) in [6.45, 7) is 0. The molecule has 0 nitrogen and oxygen atoms in total. The van der Waals surface area contributed by atoms with E-state index in [1.54, 1.807) is 12.1 Å². The Morgan fingerprint density at radius 2 is 1.67 bits per heavy atom. The molecule has 3 aromatic carbocycles. The van der Waals surface area contributed by atoms with E-state index in [0.29, 0.717) is 0 Å². The second-order valence-electron chi connectivity index (χ2n) is 4.72. The van der Waals surface area contributed by atoms with Crippen molar-refractivity contribution in [3.8, 4) is 0 Å². The third-order valence-electron chi connectivity index (χ3n) is 3.41. The van der Waals surface area contributed by atoms with Gasteiger partial charge in [0, 0.05) is 4.47 Å². The van der Waals surface area contributed by atoms with Gasteiger partial charge in [0.25, 0.3) is 0 Å². The zero-order valence-corrected chi connectivity index (χ0v) is 13.9. The molecule has 0 aliphatic carbocycles. The minimum absolute atomic E-state index is 0.0829. The van der Waals surface area contributed by atoms with Crippen molar-refractivity contribution in [1.29, 1.82) is 0 Å². The summed E-state index contributed by atoms with van der Waals surface area (Å²) in [6.07, 6.45) is 0. The van der Waals surface area contributed by atoms with Gasteiger partial charge in [0.2, 0.25) is 0 Å². The highest BCUT2D eigenvalue weighted by Gasteiger charge is 2.16. The quantitative estimate of drug-likeness (QED) is 0.430. The van der Waals surface area contributed by atoms with Crippen molar-refractivity contribution in [2.75, 3.05) is 0 Å². The molecule has 0 saturated heterocycles. The summed E-state index contributed by atoms with van der Waals surface area (Å²) in [7, 11) is 0. The summed E-state index contributed by atoms with van der Waals surface area (Å²) in [5.74, 6) is -0.440. The topological polar surface area (TPSA) is 0 Å². The fourth-order valence-electron chi connectivity index (χ4n) is 2.36. The highest BCUT2D eigenvalue weighted by molar-refractivity contribution is 9.10. The Morgan fingerprint density at radius 3 is 2.38 bits per heavy atom. The van der Waals surface area contributed by atoms with Crippen LogP contribution in [0.3, 0.4) is 0 Å². The Kier molecular flexibility index (Phi) is 4.21. The summed E-state index contributed by atoms with van der Waals surface area (Å²) in [5.41, 5.74) is 1.74. The van der Waals surface area contributed by atoms with Crippen LogP contribution in [-0.4, -0.2) is 0 Å². The molecule has 0 N–H and O–H groups in total. The monoisotopic (exact) mass is 382 g/mol. The average molecular weight is 384 g/mol. The lowest BCUT2D eigenvalue weighted by atomic mass is 9.98. The van der Waals surface area contributed by atoms with Crippen LogP contribution >= 0.6 is 39.1 Å². The molecule has 0 spiro atoms. The molecule has 3 aromatic rings. The van der Waals surface area contributed by atoms with E-state index in [4.69, 9.17) is 23.2 Å². The van der Waals surface area contributed by atoms with Crippen molar-refractivity contribution in [1.82, 2.24) is 0 Å². The van der Waals surface area contributed by atoms with E-state index in [0.717, 1.165) is 26.4 Å². The van der Waals surface area contributed by atoms with E-state index in [1.165, 1.54) is 6.07 Å². The van der Waals surface area contributed by atoms with Gasteiger partial charge in [-0.25, -0.2) is 4.39 Å². The fraction of sp³-hybridized carbons (Fsp3) is 0.0588. The van der Waals surface area contributed by atoms with E-state index in [1.807, 2.05) is 36.4 Å². The van der Waals surface area contributed by atoms with Gasteiger partial charge in [0.15, 0.2) is 0 Å². The van der Waals surface area contributed by atoms with Gasteiger partial charge >= 0.3 is 0 Å². The van der Waals surface area contributed by atoms with Crippen molar-refractivity contribution >= 4 is 49.9 Å². The summed E-state index contributed by atoms with van der Waals surface area (Å²) in [6, 6.07) is 16.5. The third kappa shape index (κ3) is 2.80. The first-order chi connectivity index (χ1) is 10.1. The number of alkyl halides is 1. The normalized spacial score (nSPS) is 12.6. The van der Waals surface area contributed by atoms with Gasteiger partial charge in [-0.15, -0.1) is 11.6 Å². The molecule has 106 valence electrons. The van der Waals surface area contributed by atoms with Crippen LogP contribution in [0.25, 0.3) is 10.8 Å². The van der Waals surface area contributed by atoms with Gasteiger partial charge in [0.1, 0.15) is 5.82 Å². The lowest BCUT2D eigenvalue weighted by Gasteiger charge is -2.14. The van der Waals surface area contributed by atoms with Crippen molar-refractivity contribution in [2.24, 2.45) is 0 Å². The Hall–Kier alpha value is -1.09. The molecule has 1 atom stereocenters. The van der Waals surface area contributed by atoms with Crippen molar-refractivity contribution in [3.63, 3.8) is 0 Å². The number of fused-ring (bicyclic) bond motifs is 1. The first-order valence-electron chi connectivity index (χ1n) is 6.34. The van der Waals surface area contributed by atoms with Gasteiger partial charge in [0.05, 0.1) is 10.4 Å². The molecule has 0 saturated carbocycles. The Balaban J connectivity index is 2.15. The minimum atomic E-state index is -0.440. The SMILES string of the molecule is Fc1ccc(C(Cl)c2ccc(Br)c3ccccc23)cc1Cl. The average Bonchev–Trinajstić information content (AvgIpc) is 2.50. The third-order valence-corrected chi connectivity index (χ3v) is 4.88. The zero-order chi connectivity index (χ0) is 15.0. The molecule has 3 rings (SSSR count). The number of rotatable bonds is 2. The molecule has 0 aliphatic rings. The van der Waals surface area contributed by atoms with E-state index in [-0.39, 0.29) is 10.4 Å². The molecular formula is C17H10BrCl2F. The highest BCUT2D eigenvalue weighted by Crippen LogP contribution is 2.37. The van der Waals surface area contributed by atoms with Gasteiger partial charge in [-0.2, -0.15) is 0 Å². The van der Waals surface area contributed by atoms with Gasteiger partial charge < -0.3 is 0 Å². The van der Waals surface area contributed by atoms with Crippen LogP contribution < -0.4 is 0 Å². The number of halogens is 4. The second kappa shape index (κ2) is 5.96. The molecule has 4 heteroatoms. The van der Waals surface area contributed by atoms with E-state index < -0.39 is 5.82 Å². The van der Waals surface area contributed by atoms with Crippen molar-refractivity contribution < 1.29 is 4.39 Å². The molecule has 0 fully saturated rings. The number of hydrogen-bond donors (Lipinski definition) is 0. The molecule has 1 unspecified atom stereocenters. The summed E-state index contributed by atoms with van der Waals surface area (Å²) >= 11 is 16.0. The maximum Gasteiger partial charge on any atom is 0.141 e. The van der Waals surface area contributed by atoms with Crippen LogP contribution in [0, 0.1) is 5.82 Å². The predicted molar refractivity (Wildman–Crippen MR) is 90.8 cm³/mol. The first kappa shape index (κ1) is 14.8. The Labute approximate surface area is 140 Å². The van der Waals surface area contributed by atoms with Crippen molar-refractivity contribution in [3.05, 3.63) is 81.0 Å². The summed E-state index contributed by atoms with van der Waals surface area (Å²) < 4.78 is 14.3. The second-order valence-corrected chi connectivity index (χ2v) is 6.42. The minimum Gasteiger partial charge on any atom is -0.205 e. The van der Waals surface area contributed by atoms with Crippen LogP contribution in [-0.2, 0) is 0 Å². The van der Waals surface area contributed by atoms with Crippen LogP contribution in [0.1, 0.15) is 16.5 Å². The smallest absolute Gasteiger partial charge is 0.141 e. The molecular weight excluding hydrogens is 374 g/mol. The predicted octanol–water partition coefficient (Wildman–Crippen LogP) is 6.72. The van der Waals surface area contributed by atoms with Gasteiger partial charge in [-0.3, -0.25) is 0 Å². The van der Waals surface area contributed by atoms with Crippen molar-refractivity contribution in [2.45, 2.75) is 5.38 Å². The van der Waals surface area contributed by atoms with Gasteiger partial charge in [-0.05, 0) is 40.1 Å². The highest BCUT2D eigenvalue weighted by atomic mass is 79.9. The first-order valence-corrected chi connectivity index (χ1v) is 7.95. The molecule has 0 heterocycles. The van der Waals surface area contributed by atoms with Crippen LogP contribution in [0.5, 0.6) is 0 Å². The van der Waals surface area contributed by atoms with Crippen LogP contribution in [0.2, 0.25) is 5.02 Å². The van der Waals surface area contributed by atoms with Crippen LogP contribution in [0.15, 0.2) is 59.1 Å². The van der Waals surface area contributed by atoms with Crippen LogP contribution in [0.4, 0.5) is 4.39 Å². The maximum absolute atomic E-state index is 13.3. The molecule has 21 heavy (non-hydrogen) atoms. The van der Waals surface area contributed by atoms with E-state index >= 15 is 0 Å². The lowest BCUT2D eigenvalue weighted by molar-refractivity contribution is 0.627. The van der Waals surface area contributed by atoms with E-state index in [9.17, 15) is 4.39 Å². The number of hydrogen-bond acceptors (Lipinski definition) is 0. The molecule has 0 amide bonds. The zero-order valence-electron chi connectivity index (χ0n) is 10.8. The molecule has 0 radical (unpaired) electrons. The Morgan fingerprint density at radius 1 is 0.952 bits per heavy atom. The molecule has 0 bridgehead atoms. The summed E-state index contributed by atoms with van der Waals surface area (Å²) in [4.78, 5) is 0. The van der Waals surface area contributed by atoms with E-state index in [2.05, 4.69) is 15.9 Å². The molecule has 0 aromatic heterocycles. The maximum atomic E-state index is 13.3. The number of benzene rings is 3. The molecule has 0 aliphatic heterocycles. The largest absolute Gasteiger partial charge is 0.205 e.